The number of hydrogen-bond donors (Lipinski definition) is 2. The highest BCUT2D eigenvalue weighted by atomic mass is 35.5. The molecule has 2 amide bonds. The van der Waals surface area contributed by atoms with E-state index in [2.05, 4.69) is 10.6 Å². The minimum atomic E-state index is -0.718. The molecular formula is C18H18ClFN2O2. The third kappa shape index (κ3) is 4.55. The van der Waals surface area contributed by atoms with Gasteiger partial charge in [-0.3, -0.25) is 9.59 Å². The van der Waals surface area contributed by atoms with Crippen LogP contribution in [0.25, 0.3) is 0 Å². The number of nitrogens with one attached hydrogen (secondary N) is 2. The number of hydrogen-bond acceptors (Lipinski definition) is 2. The molecule has 0 saturated heterocycles. The van der Waals surface area contributed by atoms with Crippen LogP contribution in [0.3, 0.4) is 0 Å². The minimum absolute atomic E-state index is 0.138. The molecule has 0 atom stereocenters. The van der Waals surface area contributed by atoms with Crippen LogP contribution >= 0.6 is 11.6 Å². The van der Waals surface area contributed by atoms with Gasteiger partial charge in [0, 0.05) is 11.6 Å². The van der Waals surface area contributed by atoms with Crippen LogP contribution < -0.4 is 10.6 Å². The molecule has 24 heavy (non-hydrogen) atoms. The van der Waals surface area contributed by atoms with Crippen molar-refractivity contribution in [2.75, 3.05) is 11.9 Å². The normalized spacial score (nSPS) is 10.3. The fourth-order valence-corrected chi connectivity index (χ4v) is 2.29. The van der Waals surface area contributed by atoms with Crippen molar-refractivity contribution in [3.05, 3.63) is 64.4 Å². The van der Waals surface area contributed by atoms with Crippen molar-refractivity contribution in [1.29, 1.82) is 0 Å². The van der Waals surface area contributed by atoms with Gasteiger partial charge in [-0.15, -0.1) is 0 Å². The molecule has 126 valence electrons. The lowest BCUT2D eigenvalue weighted by Gasteiger charge is -2.12. The van der Waals surface area contributed by atoms with E-state index in [1.165, 1.54) is 12.1 Å². The van der Waals surface area contributed by atoms with Crippen LogP contribution in [0.2, 0.25) is 5.02 Å². The van der Waals surface area contributed by atoms with Crippen molar-refractivity contribution in [2.45, 2.75) is 19.8 Å². The summed E-state index contributed by atoms with van der Waals surface area (Å²) in [7, 11) is 0. The second-order valence-corrected chi connectivity index (χ2v) is 5.67. The number of unbranched alkanes of at least 4 members (excludes halogenated alkanes) is 1. The molecular weight excluding hydrogens is 331 g/mol. The smallest absolute Gasteiger partial charge is 0.258 e. The van der Waals surface area contributed by atoms with E-state index >= 15 is 0 Å². The first-order chi connectivity index (χ1) is 11.5. The van der Waals surface area contributed by atoms with Gasteiger partial charge in [0.15, 0.2) is 0 Å². The van der Waals surface area contributed by atoms with Gasteiger partial charge < -0.3 is 10.6 Å². The van der Waals surface area contributed by atoms with Crippen molar-refractivity contribution < 1.29 is 14.0 Å². The van der Waals surface area contributed by atoms with Gasteiger partial charge in [0.2, 0.25) is 0 Å². The first-order valence-corrected chi connectivity index (χ1v) is 8.04. The van der Waals surface area contributed by atoms with Crippen LogP contribution in [0.4, 0.5) is 10.1 Å². The standard InChI is InChI=1S/C18H18ClFN2O2/c1-2-3-10-21-17(23)14-6-4-5-7-16(14)22-18(24)13-9-8-12(19)11-15(13)20/h4-9,11H,2-3,10H2,1H3,(H,21,23)(H,22,24). The Bertz CT molecular complexity index is 750. The van der Waals surface area contributed by atoms with E-state index < -0.39 is 11.7 Å². The van der Waals surface area contributed by atoms with E-state index in [9.17, 15) is 14.0 Å². The second kappa shape index (κ2) is 8.45. The van der Waals surface area contributed by atoms with Gasteiger partial charge in [-0.05, 0) is 36.8 Å². The minimum Gasteiger partial charge on any atom is -0.352 e. The number of carbonyl (C=O) groups is 2. The largest absolute Gasteiger partial charge is 0.352 e. The molecule has 0 fully saturated rings. The van der Waals surface area contributed by atoms with Crippen molar-refractivity contribution in [3.63, 3.8) is 0 Å². The summed E-state index contributed by atoms with van der Waals surface area (Å²) in [4.78, 5) is 24.5. The summed E-state index contributed by atoms with van der Waals surface area (Å²) in [5.74, 6) is -1.64. The van der Waals surface area contributed by atoms with Gasteiger partial charge in [-0.2, -0.15) is 0 Å². The molecule has 0 saturated carbocycles. The van der Waals surface area contributed by atoms with Gasteiger partial charge in [0.25, 0.3) is 11.8 Å². The number of amides is 2. The Morgan fingerprint density at radius 1 is 1.08 bits per heavy atom. The quantitative estimate of drug-likeness (QED) is 0.766. The van der Waals surface area contributed by atoms with Crippen LogP contribution in [0.1, 0.15) is 40.5 Å². The number of carbonyl (C=O) groups excluding carboxylic acids is 2. The fraction of sp³-hybridized carbons (Fsp3) is 0.222. The molecule has 0 aliphatic carbocycles. The van der Waals surface area contributed by atoms with Gasteiger partial charge in [0.1, 0.15) is 5.82 Å². The number of para-hydroxylation sites is 1. The Kier molecular flexibility index (Phi) is 6.32. The van der Waals surface area contributed by atoms with Crippen LogP contribution in [-0.4, -0.2) is 18.4 Å². The first kappa shape index (κ1) is 17.9. The molecule has 0 aliphatic heterocycles. The highest BCUT2D eigenvalue weighted by Crippen LogP contribution is 2.19. The van der Waals surface area contributed by atoms with Crippen molar-refractivity contribution in [3.8, 4) is 0 Å². The van der Waals surface area contributed by atoms with Crippen molar-refractivity contribution in [1.82, 2.24) is 5.32 Å². The molecule has 0 aliphatic rings. The second-order valence-electron chi connectivity index (χ2n) is 5.23. The summed E-state index contributed by atoms with van der Waals surface area (Å²) in [5.41, 5.74) is 0.516. The molecule has 2 N–H and O–H groups in total. The Labute approximate surface area is 145 Å². The third-order valence-corrected chi connectivity index (χ3v) is 3.65. The van der Waals surface area contributed by atoms with Gasteiger partial charge >= 0.3 is 0 Å². The Balaban J connectivity index is 2.17. The summed E-state index contributed by atoms with van der Waals surface area (Å²) in [5, 5.41) is 5.57. The number of anilines is 1. The topological polar surface area (TPSA) is 58.2 Å². The maximum atomic E-state index is 13.8. The average molecular weight is 349 g/mol. The number of rotatable bonds is 6. The summed E-state index contributed by atoms with van der Waals surface area (Å²) in [6, 6.07) is 10.4. The van der Waals surface area contributed by atoms with E-state index in [0.717, 1.165) is 18.9 Å². The number of benzene rings is 2. The first-order valence-electron chi connectivity index (χ1n) is 7.66. The average Bonchev–Trinajstić information content (AvgIpc) is 2.55. The summed E-state index contributed by atoms with van der Waals surface area (Å²) < 4.78 is 13.8. The molecule has 2 aromatic carbocycles. The maximum absolute atomic E-state index is 13.8. The van der Waals surface area contributed by atoms with Crippen LogP contribution in [0, 0.1) is 5.82 Å². The van der Waals surface area contributed by atoms with Crippen LogP contribution in [0.15, 0.2) is 42.5 Å². The molecule has 4 nitrogen and oxygen atoms in total. The predicted molar refractivity (Wildman–Crippen MR) is 93.0 cm³/mol. The molecule has 0 radical (unpaired) electrons. The lowest BCUT2D eigenvalue weighted by atomic mass is 10.1. The van der Waals surface area contributed by atoms with E-state index in [4.69, 9.17) is 11.6 Å². The molecule has 0 aromatic heterocycles. The zero-order valence-corrected chi connectivity index (χ0v) is 14.0. The molecule has 6 heteroatoms. The fourth-order valence-electron chi connectivity index (χ4n) is 2.13. The van der Waals surface area contributed by atoms with E-state index in [0.29, 0.717) is 17.8 Å². The lowest BCUT2D eigenvalue weighted by molar-refractivity contribution is 0.0954. The SMILES string of the molecule is CCCCNC(=O)c1ccccc1NC(=O)c1ccc(Cl)cc1F. The van der Waals surface area contributed by atoms with Gasteiger partial charge in [0.05, 0.1) is 16.8 Å². The summed E-state index contributed by atoms with van der Waals surface area (Å²) >= 11 is 5.68. The van der Waals surface area contributed by atoms with Crippen molar-refractivity contribution in [2.24, 2.45) is 0 Å². The van der Waals surface area contributed by atoms with Crippen molar-refractivity contribution >= 4 is 29.1 Å². The monoisotopic (exact) mass is 348 g/mol. The highest BCUT2D eigenvalue weighted by molar-refractivity contribution is 6.30. The zero-order chi connectivity index (χ0) is 17.5. The molecule has 0 spiro atoms. The number of halogens is 2. The summed E-state index contributed by atoms with van der Waals surface area (Å²) in [6.07, 6.45) is 1.84. The van der Waals surface area contributed by atoms with E-state index in [1.807, 2.05) is 6.92 Å². The highest BCUT2D eigenvalue weighted by Gasteiger charge is 2.16. The summed E-state index contributed by atoms with van der Waals surface area (Å²) in [6.45, 7) is 2.59. The van der Waals surface area contributed by atoms with Gasteiger partial charge in [-0.25, -0.2) is 4.39 Å². The molecule has 0 bridgehead atoms. The van der Waals surface area contributed by atoms with Crippen LogP contribution in [0.5, 0.6) is 0 Å². The van der Waals surface area contributed by atoms with Crippen LogP contribution in [-0.2, 0) is 0 Å². The Hall–Kier alpha value is -2.40. The van der Waals surface area contributed by atoms with E-state index in [1.54, 1.807) is 24.3 Å². The molecule has 0 unspecified atom stereocenters. The third-order valence-electron chi connectivity index (χ3n) is 3.41. The van der Waals surface area contributed by atoms with Gasteiger partial charge in [-0.1, -0.05) is 37.1 Å². The lowest BCUT2D eigenvalue weighted by Crippen LogP contribution is -2.26. The predicted octanol–water partition coefficient (Wildman–Crippen LogP) is 4.26. The molecule has 0 heterocycles. The molecule has 2 aromatic rings. The maximum Gasteiger partial charge on any atom is 0.258 e. The zero-order valence-electron chi connectivity index (χ0n) is 13.2. The van der Waals surface area contributed by atoms with E-state index in [-0.39, 0.29) is 16.5 Å². The molecule has 2 rings (SSSR count). The Morgan fingerprint density at radius 2 is 1.83 bits per heavy atom. The Morgan fingerprint density at radius 3 is 2.54 bits per heavy atom.